The van der Waals surface area contributed by atoms with Gasteiger partial charge < -0.3 is 0 Å². The van der Waals surface area contributed by atoms with Crippen LogP contribution in [0.2, 0.25) is 0 Å². The number of fused-ring (bicyclic) bond motifs is 3. The van der Waals surface area contributed by atoms with Crippen molar-refractivity contribution in [3.8, 4) is 0 Å². The van der Waals surface area contributed by atoms with E-state index in [1.54, 1.807) is 0 Å². The molecule has 0 bridgehead atoms. The average Bonchev–Trinajstić information content (AvgIpc) is 2.79. The van der Waals surface area contributed by atoms with Crippen molar-refractivity contribution in [2.45, 2.75) is 55.4 Å². The first-order valence-electron chi connectivity index (χ1n) is 10.6. The summed E-state index contributed by atoms with van der Waals surface area (Å²) in [6.07, 6.45) is 0. The predicted molar refractivity (Wildman–Crippen MR) is 131 cm³/mol. The molecule has 150 valence electrons. The second kappa shape index (κ2) is 15.5. The molecule has 0 aromatic heterocycles. The Labute approximate surface area is 173 Å². The molecule has 0 saturated heterocycles. The van der Waals surface area contributed by atoms with Gasteiger partial charge in [0.1, 0.15) is 0 Å². The molecule has 0 radical (unpaired) electrons. The maximum absolute atomic E-state index is 2.26. The second-order valence-corrected chi connectivity index (χ2v) is 5.61. The molecule has 4 aromatic rings. The topological polar surface area (TPSA) is 0 Å². The molecule has 28 heavy (non-hydrogen) atoms. The number of hydrogen-bond donors (Lipinski definition) is 0. The van der Waals surface area contributed by atoms with E-state index in [1.807, 2.05) is 59.7 Å². The van der Waals surface area contributed by atoms with E-state index in [2.05, 4.69) is 80.6 Å². The normalized spacial score (nSPS) is 8.71. The zero-order chi connectivity index (χ0) is 21.4. The van der Waals surface area contributed by atoms with Gasteiger partial charge in [0.15, 0.2) is 0 Å². The van der Waals surface area contributed by atoms with Crippen molar-refractivity contribution in [3.63, 3.8) is 0 Å². The first-order valence-corrected chi connectivity index (χ1v) is 10.6. The molecule has 0 fully saturated rings. The lowest BCUT2D eigenvalue weighted by atomic mass is 9.98. The molecular formula is C28H38. The summed E-state index contributed by atoms with van der Waals surface area (Å²) in [5, 5.41) is 5.39. The SMILES string of the molecule is CC.CC.CC.Cc1cc2ccccc2c2ccccc12.Cc1ccccc1. The first-order chi connectivity index (χ1) is 13.8. The molecule has 0 N–H and O–H groups in total. The summed E-state index contributed by atoms with van der Waals surface area (Å²) in [7, 11) is 0. The van der Waals surface area contributed by atoms with Crippen LogP contribution in [-0.4, -0.2) is 0 Å². The summed E-state index contributed by atoms with van der Waals surface area (Å²) in [6, 6.07) is 29.7. The molecule has 0 heteroatoms. The van der Waals surface area contributed by atoms with Gasteiger partial charge in [-0.1, -0.05) is 132 Å². The van der Waals surface area contributed by atoms with E-state index in [0.717, 1.165) is 0 Å². The zero-order valence-electron chi connectivity index (χ0n) is 19.1. The number of benzene rings is 4. The molecule has 4 rings (SSSR count). The highest BCUT2D eigenvalue weighted by atomic mass is 14.1. The van der Waals surface area contributed by atoms with Crippen molar-refractivity contribution in [1.82, 2.24) is 0 Å². The molecule has 0 nitrogen and oxygen atoms in total. The Morgan fingerprint density at radius 2 is 0.857 bits per heavy atom. The maximum atomic E-state index is 2.26. The van der Waals surface area contributed by atoms with E-state index >= 15 is 0 Å². The number of hydrogen-bond acceptors (Lipinski definition) is 0. The van der Waals surface area contributed by atoms with Gasteiger partial charge in [-0.2, -0.15) is 0 Å². The Balaban J connectivity index is 0.000000474. The largest absolute Gasteiger partial charge is 0.0683 e. The molecule has 0 aliphatic heterocycles. The molecule has 0 spiro atoms. The van der Waals surface area contributed by atoms with Gasteiger partial charge in [-0.05, 0) is 41.0 Å². The third-order valence-electron chi connectivity index (χ3n) is 3.92. The molecule has 0 amide bonds. The molecule has 0 aliphatic carbocycles. The molecule has 0 saturated carbocycles. The van der Waals surface area contributed by atoms with Gasteiger partial charge in [-0.25, -0.2) is 0 Å². The van der Waals surface area contributed by atoms with E-state index in [1.165, 1.54) is 32.7 Å². The Morgan fingerprint density at radius 3 is 1.36 bits per heavy atom. The predicted octanol–water partition coefficient (Wildman–Crippen LogP) is 9.38. The molecular weight excluding hydrogens is 336 g/mol. The molecule has 0 heterocycles. The summed E-state index contributed by atoms with van der Waals surface area (Å²) in [4.78, 5) is 0. The lowest BCUT2D eigenvalue weighted by molar-refractivity contribution is 1.48. The fraction of sp³-hybridized carbons (Fsp3) is 0.286. The van der Waals surface area contributed by atoms with Crippen molar-refractivity contribution in [3.05, 3.63) is 96.1 Å². The lowest BCUT2D eigenvalue weighted by Crippen LogP contribution is -1.81. The van der Waals surface area contributed by atoms with Crippen LogP contribution in [0.3, 0.4) is 0 Å². The van der Waals surface area contributed by atoms with Crippen molar-refractivity contribution < 1.29 is 0 Å². The summed E-state index contributed by atoms with van der Waals surface area (Å²) in [6.45, 7) is 16.3. The van der Waals surface area contributed by atoms with E-state index in [4.69, 9.17) is 0 Å². The van der Waals surface area contributed by atoms with Crippen LogP contribution in [0, 0.1) is 13.8 Å². The van der Waals surface area contributed by atoms with Crippen LogP contribution in [0.1, 0.15) is 52.7 Å². The van der Waals surface area contributed by atoms with E-state index in [0.29, 0.717) is 0 Å². The van der Waals surface area contributed by atoms with Crippen molar-refractivity contribution in [2.24, 2.45) is 0 Å². The van der Waals surface area contributed by atoms with E-state index < -0.39 is 0 Å². The van der Waals surface area contributed by atoms with Crippen molar-refractivity contribution >= 4 is 21.5 Å². The molecule has 0 unspecified atom stereocenters. The quantitative estimate of drug-likeness (QED) is 0.269. The Bertz CT molecular complexity index is 889. The standard InChI is InChI=1S/C15H12.C7H8.3C2H6/c1-11-10-12-6-2-3-8-14(12)15-9-5-4-7-13(11)15;1-7-5-3-2-4-6-7;3*1-2/h2-10H,1H3;2-6H,1H3;3*1-2H3. The molecule has 0 aliphatic rings. The van der Waals surface area contributed by atoms with E-state index in [-0.39, 0.29) is 0 Å². The number of rotatable bonds is 0. The van der Waals surface area contributed by atoms with Gasteiger partial charge >= 0.3 is 0 Å². The smallest absolute Gasteiger partial charge is 0.0103 e. The minimum Gasteiger partial charge on any atom is -0.0683 e. The number of aryl methyl sites for hydroxylation is 2. The fourth-order valence-electron chi connectivity index (χ4n) is 2.78. The Kier molecular flexibility index (Phi) is 14.0. The lowest BCUT2D eigenvalue weighted by Gasteiger charge is -2.06. The average molecular weight is 375 g/mol. The minimum atomic E-state index is 1.32. The van der Waals surface area contributed by atoms with Crippen molar-refractivity contribution in [1.29, 1.82) is 0 Å². The monoisotopic (exact) mass is 374 g/mol. The van der Waals surface area contributed by atoms with Crippen molar-refractivity contribution in [2.75, 3.05) is 0 Å². The van der Waals surface area contributed by atoms with Crippen LogP contribution in [0.4, 0.5) is 0 Å². The van der Waals surface area contributed by atoms with E-state index in [9.17, 15) is 0 Å². The summed E-state index contributed by atoms with van der Waals surface area (Å²) >= 11 is 0. The first kappa shape index (κ1) is 25.4. The maximum Gasteiger partial charge on any atom is -0.0103 e. The highest BCUT2D eigenvalue weighted by Crippen LogP contribution is 2.27. The summed E-state index contributed by atoms with van der Waals surface area (Å²) < 4.78 is 0. The highest BCUT2D eigenvalue weighted by molar-refractivity contribution is 6.08. The van der Waals surface area contributed by atoms with Crippen LogP contribution in [0.5, 0.6) is 0 Å². The fourth-order valence-corrected chi connectivity index (χ4v) is 2.78. The Morgan fingerprint density at radius 1 is 0.429 bits per heavy atom. The zero-order valence-corrected chi connectivity index (χ0v) is 19.1. The van der Waals surface area contributed by atoms with Gasteiger partial charge in [-0.15, -0.1) is 0 Å². The third kappa shape index (κ3) is 7.56. The van der Waals surface area contributed by atoms with Gasteiger partial charge in [0.05, 0.1) is 0 Å². The van der Waals surface area contributed by atoms with Crippen LogP contribution in [-0.2, 0) is 0 Å². The molecule has 0 atom stereocenters. The minimum absolute atomic E-state index is 1.32. The van der Waals surface area contributed by atoms with Gasteiger partial charge in [-0.3, -0.25) is 0 Å². The van der Waals surface area contributed by atoms with Crippen LogP contribution < -0.4 is 0 Å². The highest BCUT2D eigenvalue weighted by Gasteiger charge is 2.01. The van der Waals surface area contributed by atoms with Crippen LogP contribution >= 0.6 is 0 Å². The van der Waals surface area contributed by atoms with Gasteiger partial charge in [0.25, 0.3) is 0 Å². The summed E-state index contributed by atoms with van der Waals surface area (Å²) in [5.74, 6) is 0. The van der Waals surface area contributed by atoms with Crippen LogP contribution in [0.25, 0.3) is 21.5 Å². The molecule has 4 aromatic carbocycles. The summed E-state index contributed by atoms with van der Waals surface area (Å²) in [5.41, 5.74) is 2.67. The second-order valence-electron chi connectivity index (χ2n) is 5.61. The Hall–Kier alpha value is -2.60. The van der Waals surface area contributed by atoms with Gasteiger partial charge in [0, 0.05) is 0 Å². The van der Waals surface area contributed by atoms with Gasteiger partial charge in [0.2, 0.25) is 0 Å². The third-order valence-corrected chi connectivity index (χ3v) is 3.92. The van der Waals surface area contributed by atoms with Crippen LogP contribution in [0.15, 0.2) is 84.9 Å².